The molecule has 0 spiro atoms. The van der Waals surface area contributed by atoms with E-state index in [1.807, 2.05) is 37.3 Å². The van der Waals surface area contributed by atoms with E-state index in [9.17, 15) is 0 Å². The number of hydrogen-bond donors (Lipinski definition) is 0. The fourth-order valence-corrected chi connectivity index (χ4v) is 2.54. The van der Waals surface area contributed by atoms with Gasteiger partial charge in [-0.1, -0.05) is 31.4 Å². The fraction of sp³-hybridized carbons (Fsp3) is 0.471. The maximum Gasteiger partial charge on any atom is 0.119 e. The molecule has 1 aromatic carbocycles. The van der Waals surface area contributed by atoms with E-state index in [2.05, 4.69) is 6.07 Å². The highest BCUT2D eigenvalue weighted by molar-refractivity contribution is 5.57. The van der Waals surface area contributed by atoms with Gasteiger partial charge in [0, 0.05) is 5.57 Å². The van der Waals surface area contributed by atoms with Gasteiger partial charge < -0.3 is 4.74 Å². The average Bonchev–Trinajstić information content (AvgIpc) is 2.46. The molecule has 2 rings (SSSR count). The third-order valence-electron chi connectivity index (χ3n) is 3.63. The third kappa shape index (κ3) is 4.44. The van der Waals surface area contributed by atoms with Crippen molar-refractivity contribution in [2.75, 3.05) is 6.61 Å². The third-order valence-corrected chi connectivity index (χ3v) is 3.63. The topological polar surface area (TPSA) is 33.0 Å². The maximum atomic E-state index is 8.79. The smallest absolute Gasteiger partial charge is 0.119 e. The van der Waals surface area contributed by atoms with Gasteiger partial charge in [0.1, 0.15) is 5.75 Å². The highest BCUT2D eigenvalue weighted by Crippen LogP contribution is 2.25. The summed E-state index contributed by atoms with van der Waals surface area (Å²) in [6.07, 6.45) is 8.55. The molecule has 19 heavy (non-hydrogen) atoms. The Labute approximate surface area is 115 Å². The zero-order chi connectivity index (χ0) is 13.5. The number of nitriles is 1. The molecule has 0 radical (unpaired) electrons. The molecule has 0 heterocycles. The van der Waals surface area contributed by atoms with E-state index in [0.717, 1.165) is 17.9 Å². The van der Waals surface area contributed by atoms with E-state index < -0.39 is 0 Å². The van der Waals surface area contributed by atoms with Crippen LogP contribution in [0.2, 0.25) is 0 Å². The second-order valence-electron chi connectivity index (χ2n) is 5.33. The lowest BCUT2D eigenvalue weighted by Gasteiger charge is -2.21. The monoisotopic (exact) mass is 255 g/mol. The van der Waals surface area contributed by atoms with Crippen molar-refractivity contribution in [1.82, 2.24) is 0 Å². The molecule has 0 amide bonds. The van der Waals surface area contributed by atoms with Crippen LogP contribution in [0.15, 0.2) is 29.8 Å². The molecule has 1 aliphatic carbocycles. The first-order chi connectivity index (χ1) is 9.28. The predicted molar refractivity (Wildman–Crippen MR) is 77.8 cm³/mol. The molecule has 2 heteroatoms. The van der Waals surface area contributed by atoms with Gasteiger partial charge in [-0.2, -0.15) is 5.26 Å². The summed E-state index contributed by atoms with van der Waals surface area (Å²) in [5.74, 6) is 1.62. The molecular formula is C17H21NO. The normalized spacial score (nSPS) is 16.9. The highest BCUT2D eigenvalue weighted by Gasteiger charge is 2.13. The van der Waals surface area contributed by atoms with Crippen LogP contribution in [0.5, 0.6) is 5.75 Å². The minimum absolute atomic E-state index is 0.712. The van der Waals surface area contributed by atoms with Crippen molar-refractivity contribution >= 4 is 6.08 Å². The second kappa shape index (κ2) is 6.99. The molecule has 0 bridgehead atoms. The number of ether oxygens (including phenoxy) is 1. The zero-order valence-corrected chi connectivity index (χ0v) is 11.6. The number of hydrogen-bond acceptors (Lipinski definition) is 2. The Kier molecular flexibility index (Phi) is 5.03. The van der Waals surface area contributed by atoms with Crippen LogP contribution in [0.3, 0.4) is 0 Å². The van der Waals surface area contributed by atoms with E-state index in [4.69, 9.17) is 10.00 Å². The molecule has 0 atom stereocenters. The molecule has 0 unspecified atom stereocenters. The van der Waals surface area contributed by atoms with Crippen LogP contribution in [0.25, 0.3) is 6.08 Å². The molecular weight excluding hydrogens is 234 g/mol. The molecule has 100 valence electrons. The van der Waals surface area contributed by atoms with Gasteiger partial charge in [-0.25, -0.2) is 0 Å². The molecule has 0 aliphatic heterocycles. The lowest BCUT2D eigenvalue weighted by atomic mass is 9.90. The summed E-state index contributed by atoms with van der Waals surface area (Å²) in [5.41, 5.74) is 1.74. The number of benzene rings is 1. The Morgan fingerprint density at radius 1 is 1.37 bits per heavy atom. The Hall–Kier alpha value is -1.75. The summed E-state index contributed by atoms with van der Waals surface area (Å²) < 4.78 is 5.89. The van der Waals surface area contributed by atoms with Crippen LogP contribution in [-0.2, 0) is 0 Å². The fourth-order valence-electron chi connectivity index (χ4n) is 2.54. The Balaban J connectivity index is 1.93. The van der Waals surface area contributed by atoms with Gasteiger partial charge >= 0.3 is 0 Å². The molecule has 1 aromatic rings. The Bertz CT molecular complexity index is 478. The predicted octanol–water partition coefficient (Wildman–Crippen LogP) is 4.57. The van der Waals surface area contributed by atoms with Crippen molar-refractivity contribution in [2.45, 2.75) is 39.0 Å². The SMILES string of the molecule is C/C(C#N)=C\c1cccc(OCC2CCCCC2)c1. The first-order valence-electron chi connectivity index (χ1n) is 7.09. The molecule has 0 saturated heterocycles. The number of nitrogens with zero attached hydrogens (tertiary/aromatic N) is 1. The van der Waals surface area contributed by atoms with Gasteiger partial charge in [-0.05, 0) is 49.5 Å². The van der Waals surface area contributed by atoms with Crippen LogP contribution in [-0.4, -0.2) is 6.61 Å². The van der Waals surface area contributed by atoms with Gasteiger partial charge in [0.05, 0.1) is 12.7 Å². The molecule has 1 saturated carbocycles. The van der Waals surface area contributed by atoms with Crippen molar-refractivity contribution < 1.29 is 4.74 Å². The van der Waals surface area contributed by atoms with Gasteiger partial charge in [-0.3, -0.25) is 0 Å². The minimum Gasteiger partial charge on any atom is -0.493 e. The summed E-state index contributed by atoms with van der Waals surface area (Å²) in [6, 6.07) is 10.1. The summed E-state index contributed by atoms with van der Waals surface area (Å²) in [4.78, 5) is 0. The average molecular weight is 255 g/mol. The quantitative estimate of drug-likeness (QED) is 0.738. The second-order valence-corrected chi connectivity index (χ2v) is 5.33. The van der Waals surface area contributed by atoms with E-state index >= 15 is 0 Å². The first kappa shape index (κ1) is 13.7. The van der Waals surface area contributed by atoms with Crippen molar-refractivity contribution in [3.05, 3.63) is 35.4 Å². The minimum atomic E-state index is 0.712. The lowest BCUT2D eigenvalue weighted by molar-refractivity contribution is 0.209. The van der Waals surface area contributed by atoms with Crippen LogP contribution in [0.4, 0.5) is 0 Å². The van der Waals surface area contributed by atoms with Gasteiger partial charge in [0.25, 0.3) is 0 Å². The maximum absolute atomic E-state index is 8.79. The van der Waals surface area contributed by atoms with Crippen LogP contribution in [0, 0.1) is 17.2 Å². The highest BCUT2D eigenvalue weighted by atomic mass is 16.5. The van der Waals surface area contributed by atoms with E-state index in [0.29, 0.717) is 11.5 Å². The standard InChI is InChI=1S/C17H21NO/c1-14(12-18)10-16-8-5-9-17(11-16)19-13-15-6-3-2-4-7-15/h5,8-11,15H,2-4,6-7,13H2,1H3/b14-10+. The summed E-state index contributed by atoms with van der Waals surface area (Å²) >= 11 is 0. The number of rotatable bonds is 4. The van der Waals surface area contributed by atoms with Crippen molar-refractivity contribution in [1.29, 1.82) is 5.26 Å². The first-order valence-corrected chi connectivity index (χ1v) is 7.09. The van der Waals surface area contributed by atoms with Crippen molar-refractivity contribution in [2.24, 2.45) is 5.92 Å². The Morgan fingerprint density at radius 2 is 2.16 bits per heavy atom. The van der Waals surface area contributed by atoms with Gasteiger partial charge in [0.15, 0.2) is 0 Å². The zero-order valence-electron chi connectivity index (χ0n) is 11.6. The molecule has 0 N–H and O–H groups in total. The van der Waals surface area contributed by atoms with Crippen molar-refractivity contribution in [3.63, 3.8) is 0 Å². The van der Waals surface area contributed by atoms with Crippen LogP contribution >= 0.6 is 0 Å². The molecule has 2 nitrogen and oxygen atoms in total. The molecule has 1 aliphatic rings. The summed E-state index contributed by atoms with van der Waals surface area (Å²) in [6.45, 7) is 2.64. The van der Waals surface area contributed by atoms with Gasteiger partial charge in [-0.15, -0.1) is 0 Å². The largest absolute Gasteiger partial charge is 0.493 e. The van der Waals surface area contributed by atoms with Crippen LogP contribution in [0.1, 0.15) is 44.6 Å². The van der Waals surface area contributed by atoms with Gasteiger partial charge in [0.2, 0.25) is 0 Å². The van der Waals surface area contributed by atoms with E-state index in [-0.39, 0.29) is 0 Å². The molecule has 0 aromatic heterocycles. The Morgan fingerprint density at radius 3 is 2.89 bits per heavy atom. The van der Waals surface area contributed by atoms with E-state index in [1.54, 1.807) is 0 Å². The summed E-state index contributed by atoms with van der Waals surface area (Å²) in [7, 11) is 0. The van der Waals surface area contributed by atoms with E-state index in [1.165, 1.54) is 32.1 Å². The van der Waals surface area contributed by atoms with Crippen molar-refractivity contribution in [3.8, 4) is 11.8 Å². The van der Waals surface area contributed by atoms with Crippen LogP contribution < -0.4 is 4.74 Å². The lowest BCUT2D eigenvalue weighted by Crippen LogP contribution is -2.15. The summed E-state index contributed by atoms with van der Waals surface area (Å²) in [5, 5.41) is 8.79. The molecule has 1 fully saturated rings. The number of allylic oxidation sites excluding steroid dienone is 1.